The average molecular weight is 279 g/mol. The molecule has 1 amide bonds. The molecule has 1 aromatic carbocycles. The highest BCUT2D eigenvalue weighted by Gasteiger charge is 2.32. The molecule has 1 saturated carbocycles. The van der Waals surface area contributed by atoms with Gasteiger partial charge < -0.3 is 10.4 Å². The Morgan fingerprint density at radius 3 is 2.55 bits per heavy atom. The van der Waals surface area contributed by atoms with Crippen molar-refractivity contribution in [2.24, 2.45) is 5.92 Å². The van der Waals surface area contributed by atoms with Gasteiger partial charge in [-0.2, -0.15) is 0 Å². The summed E-state index contributed by atoms with van der Waals surface area (Å²) in [6.45, 7) is 4.48. The maximum atomic E-state index is 12.9. The molecule has 0 radical (unpaired) electrons. The van der Waals surface area contributed by atoms with Gasteiger partial charge in [-0.3, -0.25) is 4.79 Å². The number of carbonyl (C=O) groups excluding carboxylic acids is 1. The van der Waals surface area contributed by atoms with Crippen molar-refractivity contribution >= 4 is 5.91 Å². The molecule has 2 unspecified atom stereocenters. The maximum absolute atomic E-state index is 12.9. The Morgan fingerprint density at radius 2 is 2.00 bits per heavy atom. The van der Waals surface area contributed by atoms with Crippen LogP contribution in [0.5, 0.6) is 0 Å². The highest BCUT2D eigenvalue weighted by molar-refractivity contribution is 5.79. The summed E-state index contributed by atoms with van der Waals surface area (Å²) in [6, 6.07) is 6.34. The van der Waals surface area contributed by atoms with Gasteiger partial charge in [0.05, 0.1) is 12.0 Å². The topological polar surface area (TPSA) is 49.3 Å². The summed E-state index contributed by atoms with van der Waals surface area (Å²) in [5, 5.41) is 12.6. The van der Waals surface area contributed by atoms with Crippen molar-refractivity contribution < 1.29 is 14.3 Å². The summed E-state index contributed by atoms with van der Waals surface area (Å²) in [4.78, 5) is 12.1. The summed E-state index contributed by atoms with van der Waals surface area (Å²) in [5.74, 6) is -0.619. The lowest BCUT2D eigenvalue weighted by Crippen LogP contribution is -2.41. The Labute approximate surface area is 119 Å². The molecule has 0 spiro atoms. The fourth-order valence-corrected chi connectivity index (χ4v) is 2.69. The highest BCUT2D eigenvalue weighted by Crippen LogP contribution is 2.27. The Kier molecular flexibility index (Phi) is 4.43. The molecule has 2 N–H and O–H groups in total. The van der Waals surface area contributed by atoms with Crippen molar-refractivity contribution in [1.29, 1.82) is 0 Å². The van der Waals surface area contributed by atoms with Gasteiger partial charge in [-0.15, -0.1) is 0 Å². The first-order valence-electron chi connectivity index (χ1n) is 7.12. The second kappa shape index (κ2) is 5.92. The zero-order valence-electron chi connectivity index (χ0n) is 12.0. The van der Waals surface area contributed by atoms with E-state index in [-0.39, 0.29) is 23.1 Å². The summed E-state index contributed by atoms with van der Waals surface area (Å²) in [5.41, 5.74) is 0.707. The Morgan fingerprint density at radius 1 is 1.35 bits per heavy atom. The van der Waals surface area contributed by atoms with Crippen LogP contribution in [0.1, 0.15) is 38.7 Å². The van der Waals surface area contributed by atoms with Crippen LogP contribution >= 0.6 is 0 Å². The molecule has 0 aromatic heterocycles. The summed E-state index contributed by atoms with van der Waals surface area (Å²) >= 11 is 0. The largest absolute Gasteiger partial charge is 0.392 e. The van der Waals surface area contributed by atoms with Gasteiger partial charge in [-0.25, -0.2) is 4.39 Å². The minimum atomic E-state index is -0.510. The van der Waals surface area contributed by atoms with Gasteiger partial charge in [-0.05, 0) is 37.0 Å². The lowest BCUT2D eigenvalue weighted by Gasteiger charge is -2.27. The number of aliphatic hydroxyl groups excluding tert-OH is 1. The normalized spacial score (nSPS) is 22.8. The molecule has 1 fully saturated rings. The number of amides is 1. The predicted octanol–water partition coefficient (Wildman–Crippen LogP) is 2.38. The van der Waals surface area contributed by atoms with E-state index < -0.39 is 6.10 Å². The number of benzene rings is 1. The van der Waals surface area contributed by atoms with Crippen LogP contribution in [-0.2, 0) is 10.2 Å². The van der Waals surface area contributed by atoms with E-state index in [0.717, 1.165) is 18.4 Å². The fraction of sp³-hybridized carbons (Fsp3) is 0.562. The fourth-order valence-electron chi connectivity index (χ4n) is 2.69. The van der Waals surface area contributed by atoms with E-state index in [1.54, 1.807) is 12.1 Å². The van der Waals surface area contributed by atoms with Crippen molar-refractivity contribution in [3.8, 4) is 0 Å². The third-order valence-electron chi connectivity index (χ3n) is 4.15. The van der Waals surface area contributed by atoms with Gasteiger partial charge in [0.25, 0.3) is 0 Å². The molecule has 20 heavy (non-hydrogen) atoms. The van der Waals surface area contributed by atoms with Gasteiger partial charge in [0, 0.05) is 12.0 Å². The molecule has 0 aliphatic heterocycles. The van der Waals surface area contributed by atoms with E-state index in [0.29, 0.717) is 13.0 Å². The molecule has 110 valence electrons. The van der Waals surface area contributed by atoms with Gasteiger partial charge >= 0.3 is 0 Å². The van der Waals surface area contributed by atoms with Crippen LogP contribution in [0.3, 0.4) is 0 Å². The van der Waals surface area contributed by atoms with Crippen molar-refractivity contribution in [1.82, 2.24) is 5.32 Å². The molecule has 3 nitrogen and oxygen atoms in total. The molecule has 2 rings (SSSR count). The first-order valence-corrected chi connectivity index (χ1v) is 7.12. The number of aliphatic hydroxyl groups is 1. The molecule has 2 atom stereocenters. The number of halogens is 1. The quantitative estimate of drug-likeness (QED) is 0.889. The molecular weight excluding hydrogens is 257 g/mol. The zero-order valence-corrected chi connectivity index (χ0v) is 12.0. The van der Waals surface area contributed by atoms with Gasteiger partial charge in [0.1, 0.15) is 5.82 Å². The molecule has 0 saturated heterocycles. The van der Waals surface area contributed by atoms with E-state index in [9.17, 15) is 14.3 Å². The standard InChI is InChI=1S/C16H22FNO2/c1-16(2,11-6-8-12(17)9-7-11)10-18-15(20)13-4-3-5-14(13)19/h6-9,13-14,19H,3-5,10H2,1-2H3,(H,18,20). The zero-order chi connectivity index (χ0) is 14.8. The predicted molar refractivity (Wildman–Crippen MR) is 75.8 cm³/mol. The number of rotatable bonds is 4. The van der Waals surface area contributed by atoms with E-state index in [4.69, 9.17) is 0 Å². The average Bonchev–Trinajstić information content (AvgIpc) is 2.83. The number of nitrogens with one attached hydrogen (secondary N) is 1. The van der Waals surface area contributed by atoms with E-state index in [1.807, 2.05) is 13.8 Å². The van der Waals surface area contributed by atoms with E-state index in [1.165, 1.54) is 12.1 Å². The molecule has 4 heteroatoms. The smallest absolute Gasteiger partial charge is 0.225 e. The van der Waals surface area contributed by atoms with Crippen molar-refractivity contribution in [3.05, 3.63) is 35.6 Å². The minimum absolute atomic E-state index is 0.0785. The van der Waals surface area contributed by atoms with Gasteiger partial charge in [-0.1, -0.05) is 26.0 Å². The highest BCUT2D eigenvalue weighted by atomic mass is 19.1. The lowest BCUT2D eigenvalue weighted by molar-refractivity contribution is -0.127. The first kappa shape index (κ1) is 15.0. The van der Waals surface area contributed by atoms with Crippen LogP contribution in [0.2, 0.25) is 0 Å². The number of hydrogen-bond donors (Lipinski definition) is 2. The van der Waals surface area contributed by atoms with Gasteiger partial charge in [0.15, 0.2) is 0 Å². The second-order valence-corrected chi connectivity index (χ2v) is 6.21. The molecule has 1 aliphatic rings. The third kappa shape index (κ3) is 3.37. The van der Waals surface area contributed by atoms with Crippen LogP contribution in [0, 0.1) is 11.7 Å². The van der Waals surface area contributed by atoms with Crippen LogP contribution < -0.4 is 5.32 Å². The van der Waals surface area contributed by atoms with Crippen molar-refractivity contribution in [2.75, 3.05) is 6.54 Å². The van der Waals surface area contributed by atoms with Crippen LogP contribution in [0.15, 0.2) is 24.3 Å². The molecule has 0 bridgehead atoms. The van der Waals surface area contributed by atoms with Crippen molar-refractivity contribution in [2.45, 2.75) is 44.6 Å². The SMILES string of the molecule is CC(C)(CNC(=O)C1CCCC1O)c1ccc(F)cc1. The summed E-state index contributed by atoms with van der Waals surface area (Å²) < 4.78 is 12.9. The Balaban J connectivity index is 1.95. The van der Waals surface area contributed by atoms with E-state index in [2.05, 4.69) is 5.32 Å². The summed E-state index contributed by atoms with van der Waals surface area (Å²) in [7, 11) is 0. The molecular formula is C16H22FNO2. The molecule has 0 heterocycles. The molecule has 1 aromatic rings. The first-order chi connectivity index (χ1) is 9.40. The Hall–Kier alpha value is -1.42. The van der Waals surface area contributed by atoms with Crippen LogP contribution in [-0.4, -0.2) is 23.7 Å². The van der Waals surface area contributed by atoms with Gasteiger partial charge in [0.2, 0.25) is 5.91 Å². The number of carbonyl (C=O) groups is 1. The van der Waals surface area contributed by atoms with Crippen LogP contribution in [0.4, 0.5) is 4.39 Å². The van der Waals surface area contributed by atoms with E-state index >= 15 is 0 Å². The monoisotopic (exact) mass is 279 g/mol. The van der Waals surface area contributed by atoms with Crippen molar-refractivity contribution in [3.63, 3.8) is 0 Å². The third-order valence-corrected chi connectivity index (χ3v) is 4.15. The minimum Gasteiger partial charge on any atom is -0.392 e. The second-order valence-electron chi connectivity index (χ2n) is 6.21. The lowest BCUT2D eigenvalue weighted by atomic mass is 9.84. The Bertz CT molecular complexity index is 470. The number of hydrogen-bond acceptors (Lipinski definition) is 2. The summed E-state index contributed by atoms with van der Waals surface area (Å²) in [6.07, 6.45) is 1.85. The maximum Gasteiger partial charge on any atom is 0.225 e. The van der Waals surface area contributed by atoms with Crippen LogP contribution in [0.25, 0.3) is 0 Å². The molecule has 1 aliphatic carbocycles.